The summed E-state index contributed by atoms with van der Waals surface area (Å²) in [7, 11) is 0. The third kappa shape index (κ3) is 7.73. The lowest BCUT2D eigenvalue weighted by molar-refractivity contribution is 0.244. The molecule has 4 heteroatoms. The molecular formula is C11H28N4. The third-order valence-corrected chi connectivity index (χ3v) is 2.73. The van der Waals surface area contributed by atoms with Crippen LogP contribution in [0.3, 0.4) is 0 Å². The van der Waals surface area contributed by atoms with E-state index >= 15 is 0 Å². The molecule has 0 aromatic heterocycles. The summed E-state index contributed by atoms with van der Waals surface area (Å²) in [4.78, 5) is 4.80. The van der Waals surface area contributed by atoms with Gasteiger partial charge in [-0.25, -0.2) is 0 Å². The van der Waals surface area contributed by atoms with Gasteiger partial charge in [-0.15, -0.1) is 0 Å². The first-order valence-corrected chi connectivity index (χ1v) is 6.13. The normalized spacial score (nSPS) is 11.6. The van der Waals surface area contributed by atoms with Crippen LogP contribution in [0.5, 0.6) is 0 Å². The molecule has 0 aliphatic rings. The second-order valence-corrected chi connectivity index (χ2v) is 3.80. The highest BCUT2D eigenvalue weighted by molar-refractivity contribution is 4.61. The zero-order chi connectivity index (χ0) is 11.5. The highest BCUT2D eigenvalue weighted by atomic mass is 15.1. The van der Waals surface area contributed by atoms with Crippen molar-refractivity contribution in [2.75, 3.05) is 52.4 Å². The summed E-state index contributed by atoms with van der Waals surface area (Å²) >= 11 is 0. The van der Waals surface area contributed by atoms with Crippen LogP contribution in [-0.4, -0.2) is 62.2 Å². The average Bonchev–Trinajstić information content (AvgIpc) is 2.25. The maximum absolute atomic E-state index is 5.55. The van der Waals surface area contributed by atoms with Crippen molar-refractivity contribution in [3.05, 3.63) is 0 Å². The van der Waals surface area contributed by atoms with Gasteiger partial charge in [-0.1, -0.05) is 13.8 Å². The highest BCUT2D eigenvalue weighted by Gasteiger charge is 2.03. The van der Waals surface area contributed by atoms with Crippen LogP contribution in [0.25, 0.3) is 0 Å². The summed E-state index contributed by atoms with van der Waals surface area (Å²) in [6.07, 6.45) is 1.21. The molecule has 0 amide bonds. The van der Waals surface area contributed by atoms with Crippen LogP contribution in [0, 0.1) is 0 Å². The van der Waals surface area contributed by atoms with Crippen LogP contribution in [0.1, 0.15) is 20.3 Å². The summed E-state index contributed by atoms with van der Waals surface area (Å²) in [6, 6.07) is 0. The Hall–Kier alpha value is -0.160. The minimum Gasteiger partial charge on any atom is -0.329 e. The van der Waals surface area contributed by atoms with Crippen molar-refractivity contribution in [1.82, 2.24) is 9.80 Å². The van der Waals surface area contributed by atoms with E-state index in [0.29, 0.717) is 0 Å². The fraction of sp³-hybridized carbons (Fsp3) is 1.00. The number of hydrogen-bond donors (Lipinski definition) is 2. The van der Waals surface area contributed by atoms with Crippen LogP contribution < -0.4 is 11.5 Å². The molecular weight excluding hydrogens is 188 g/mol. The van der Waals surface area contributed by atoms with Gasteiger partial charge in [0.1, 0.15) is 0 Å². The maximum atomic E-state index is 5.55. The molecule has 0 saturated carbocycles. The third-order valence-electron chi connectivity index (χ3n) is 2.73. The first-order valence-electron chi connectivity index (χ1n) is 6.13. The molecule has 0 atom stereocenters. The van der Waals surface area contributed by atoms with Crippen LogP contribution in [0.4, 0.5) is 0 Å². The minimum absolute atomic E-state index is 0.727. The molecule has 0 unspecified atom stereocenters. The van der Waals surface area contributed by atoms with Crippen molar-refractivity contribution in [3.8, 4) is 0 Å². The Morgan fingerprint density at radius 3 is 1.60 bits per heavy atom. The summed E-state index contributed by atoms with van der Waals surface area (Å²) in [5.41, 5.74) is 11.1. The number of nitrogens with two attached hydrogens (primary N) is 2. The predicted molar refractivity (Wildman–Crippen MR) is 67.0 cm³/mol. The van der Waals surface area contributed by atoms with E-state index in [1.807, 2.05) is 0 Å². The Morgan fingerprint density at radius 1 is 0.733 bits per heavy atom. The van der Waals surface area contributed by atoms with Crippen molar-refractivity contribution in [1.29, 1.82) is 0 Å². The van der Waals surface area contributed by atoms with Crippen LogP contribution in [0.2, 0.25) is 0 Å². The minimum atomic E-state index is 0.727. The molecule has 0 fully saturated rings. The molecule has 0 bridgehead atoms. The molecule has 4 N–H and O–H groups in total. The molecule has 0 heterocycles. The molecule has 0 saturated heterocycles. The van der Waals surface area contributed by atoms with Gasteiger partial charge in [-0.3, -0.25) is 0 Å². The van der Waals surface area contributed by atoms with E-state index in [2.05, 4.69) is 23.6 Å². The Kier molecular flexibility index (Phi) is 10.3. The molecule has 0 aromatic carbocycles. The van der Waals surface area contributed by atoms with E-state index in [4.69, 9.17) is 11.5 Å². The van der Waals surface area contributed by atoms with Gasteiger partial charge in [0.15, 0.2) is 0 Å². The van der Waals surface area contributed by atoms with Crippen molar-refractivity contribution in [2.45, 2.75) is 20.3 Å². The van der Waals surface area contributed by atoms with Gasteiger partial charge in [0.25, 0.3) is 0 Å². The summed E-state index contributed by atoms with van der Waals surface area (Å²) in [6.45, 7) is 12.4. The second kappa shape index (κ2) is 10.4. The largest absolute Gasteiger partial charge is 0.329 e. The van der Waals surface area contributed by atoms with E-state index in [1.54, 1.807) is 0 Å². The lowest BCUT2D eigenvalue weighted by atomic mass is 10.3. The topological polar surface area (TPSA) is 58.5 Å². The van der Waals surface area contributed by atoms with E-state index in [-0.39, 0.29) is 0 Å². The second-order valence-electron chi connectivity index (χ2n) is 3.80. The zero-order valence-electron chi connectivity index (χ0n) is 10.4. The van der Waals surface area contributed by atoms with Crippen LogP contribution in [-0.2, 0) is 0 Å². The number of rotatable bonds is 10. The number of hydrogen-bond acceptors (Lipinski definition) is 4. The van der Waals surface area contributed by atoms with Gasteiger partial charge in [0, 0.05) is 26.2 Å². The molecule has 4 nitrogen and oxygen atoms in total. The van der Waals surface area contributed by atoms with Crippen molar-refractivity contribution in [3.63, 3.8) is 0 Å². The summed E-state index contributed by atoms with van der Waals surface area (Å²) in [5, 5.41) is 0. The van der Waals surface area contributed by atoms with Crippen molar-refractivity contribution < 1.29 is 0 Å². The van der Waals surface area contributed by atoms with E-state index < -0.39 is 0 Å². The molecule has 0 aliphatic heterocycles. The van der Waals surface area contributed by atoms with E-state index in [9.17, 15) is 0 Å². The van der Waals surface area contributed by atoms with Gasteiger partial charge < -0.3 is 21.3 Å². The smallest absolute Gasteiger partial charge is 0.0105 e. The molecule has 0 spiro atoms. The quantitative estimate of drug-likeness (QED) is 0.537. The Morgan fingerprint density at radius 2 is 1.20 bits per heavy atom. The van der Waals surface area contributed by atoms with Crippen molar-refractivity contribution >= 4 is 0 Å². The molecule has 0 aromatic rings. The first-order chi connectivity index (χ1) is 7.28. The van der Waals surface area contributed by atoms with Crippen molar-refractivity contribution in [2.24, 2.45) is 11.5 Å². The fourth-order valence-corrected chi connectivity index (χ4v) is 1.76. The lowest BCUT2D eigenvalue weighted by Gasteiger charge is -2.23. The summed E-state index contributed by atoms with van der Waals surface area (Å²) < 4.78 is 0. The van der Waals surface area contributed by atoms with Gasteiger partial charge in [0.2, 0.25) is 0 Å². The lowest BCUT2D eigenvalue weighted by Crippen LogP contribution is -2.36. The molecule has 0 radical (unpaired) electrons. The first kappa shape index (κ1) is 14.8. The monoisotopic (exact) mass is 216 g/mol. The zero-order valence-corrected chi connectivity index (χ0v) is 10.4. The van der Waals surface area contributed by atoms with Crippen LogP contribution >= 0.6 is 0 Å². The molecule has 0 rings (SSSR count). The Labute approximate surface area is 94.6 Å². The average molecular weight is 216 g/mol. The SMILES string of the molecule is CCN(CC)CCCN(CCN)CCN. The predicted octanol–water partition coefficient (Wildman–Crippen LogP) is -0.0623. The highest BCUT2D eigenvalue weighted by Crippen LogP contribution is 1.94. The van der Waals surface area contributed by atoms with Gasteiger partial charge >= 0.3 is 0 Å². The van der Waals surface area contributed by atoms with Crippen LogP contribution in [0.15, 0.2) is 0 Å². The summed E-state index contributed by atoms with van der Waals surface area (Å²) in [5.74, 6) is 0. The molecule has 92 valence electrons. The van der Waals surface area contributed by atoms with Gasteiger partial charge in [-0.2, -0.15) is 0 Å². The maximum Gasteiger partial charge on any atom is 0.0105 e. The van der Waals surface area contributed by atoms with E-state index in [0.717, 1.165) is 45.8 Å². The standard InChI is InChI=1S/C11H28N4/c1-3-14(4-2)8-5-9-15(10-6-12)11-7-13/h3-13H2,1-2H3. The van der Waals surface area contributed by atoms with Gasteiger partial charge in [-0.05, 0) is 32.6 Å². The fourth-order valence-electron chi connectivity index (χ4n) is 1.76. The molecule has 15 heavy (non-hydrogen) atoms. The Bertz CT molecular complexity index is 120. The Balaban J connectivity index is 3.59. The number of nitrogens with zero attached hydrogens (tertiary/aromatic N) is 2. The molecule has 0 aliphatic carbocycles. The van der Waals surface area contributed by atoms with Gasteiger partial charge in [0.05, 0.1) is 0 Å². The van der Waals surface area contributed by atoms with E-state index in [1.165, 1.54) is 13.0 Å².